The standard InChI is InChI=1S/C20H24Si/c1-15-7-10-17(11-8-15)19-16(2)9-12-18(19)21-20(3)13-5-4-6-14-20/h4-11,13H,12,14,21H2,1-3H3. The van der Waals surface area contributed by atoms with Crippen molar-refractivity contribution in [3.05, 3.63) is 76.5 Å². The van der Waals surface area contributed by atoms with Crippen LogP contribution in [0.1, 0.15) is 37.8 Å². The summed E-state index contributed by atoms with van der Waals surface area (Å²) in [5.74, 6) is 0. The van der Waals surface area contributed by atoms with Gasteiger partial charge in [0, 0.05) is 0 Å². The van der Waals surface area contributed by atoms with Gasteiger partial charge >= 0.3 is 0 Å². The molecule has 0 N–H and O–H groups in total. The largest absolute Gasteiger partial charge is 0.0840 e. The van der Waals surface area contributed by atoms with Crippen molar-refractivity contribution < 1.29 is 0 Å². The Bertz CT molecular complexity index is 656. The van der Waals surface area contributed by atoms with Crippen LogP contribution in [0, 0.1) is 6.92 Å². The molecule has 1 aromatic rings. The Hall–Kier alpha value is -1.60. The second kappa shape index (κ2) is 5.65. The Balaban J connectivity index is 1.93. The summed E-state index contributed by atoms with van der Waals surface area (Å²) in [6.07, 6.45) is 14.0. The SMILES string of the molecule is CC1=CCC([SiH2]C2(C)C=CC=CC2)=C1c1ccc(C)cc1. The number of aryl methyl sites for hydroxylation is 1. The van der Waals surface area contributed by atoms with E-state index in [2.05, 4.69) is 75.4 Å². The van der Waals surface area contributed by atoms with Crippen LogP contribution in [0.5, 0.6) is 0 Å². The van der Waals surface area contributed by atoms with E-state index >= 15 is 0 Å². The van der Waals surface area contributed by atoms with Crippen LogP contribution in [-0.4, -0.2) is 9.52 Å². The lowest BCUT2D eigenvalue weighted by molar-refractivity contribution is 0.754. The zero-order valence-electron chi connectivity index (χ0n) is 13.3. The predicted octanol–water partition coefficient (Wildman–Crippen LogP) is 4.92. The quantitative estimate of drug-likeness (QED) is 0.694. The first-order valence-corrected chi connectivity index (χ1v) is 9.29. The van der Waals surface area contributed by atoms with E-state index in [1.807, 2.05) is 0 Å². The lowest BCUT2D eigenvalue weighted by Crippen LogP contribution is -2.17. The molecular weight excluding hydrogens is 268 g/mol. The Morgan fingerprint density at radius 1 is 1.05 bits per heavy atom. The minimum absolute atomic E-state index is 0.298. The van der Waals surface area contributed by atoms with Crippen LogP contribution >= 0.6 is 0 Å². The summed E-state index contributed by atoms with van der Waals surface area (Å²) in [5.41, 5.74) is 5.77. The zero-order chi connectivity index (χ0) is 14.9. The topological polar surface area (TPSA) is 0 Å². The van der Waals surface area contributed by atoms with Gasteiger partial charge in [-0.25, -0.2) is 0 Å². The summed E-state index contributed by atoms with van der Waals surface area (Å²) in [4.78, 5) is 0. The Kier molecular flexibility index (Phi) is 3.86. The summed E-state index contributed by atoms with van der Waals surface area (Å²) in [6, 6.07) is 9.05. The van der Waals surface area contributed by atoms with E-state index in [0.29, 0.717) is 5.04 Å². The highest BCUT2D eigenvalue weighted by Crippen LogP contribution is 2.41. The molecule has 0 bridgehead atoms. The summed E-state index contributed by atoms with van der Waals surface area (Å²) >= 11 is 0. The molecule has 108 valence electrons. The third-order valence-corrected chi connectivity index (χ3v) is 7.09. The van der Waals surface area contributed by atoms with Gasteiger partial charge in [0.15, 0.2) is 0 Å². The average molecular weight is 292 g/mol. The lowest BCUT2D eigenvalue weighted by Gasteiger charge is -2.27. The molecule has 0 saturated heterocycles. The van der Waals surface area contributed by atoms with Crippen molar-refractivity contribution in [3.63, 3.8) is 0 Å². The van der Waals surface area contributed by atoms with Gasteiger partial charge in [0.2, 0.25) is 0 Å². The molecular formula is C20H24Si. The van der Waals surface area contributed by atoms with Crippen molar-refractivity contribution in [1.82, 2.24) is 0 Å². The van der Waals surface area contributed by atoms with Gasteiger partial charge in [0.05, 0.1) is 9.52 Å². The fourth-order valence-electron chi connectivity index (χ4n) is 3.46. The van der Waals surface area contributed by atoms with Crippen LogP contribution in [-0.2, 0) is 0 Å². The highest BCUT2D eigenvalue weighted by atomic mass is 28.2. The maximum atomic E-state index is 2.44. The van der Waals surface area contributed by atoms with Crippen molar-refractivity contribution in [2.45, 2.75) is 38.7 Å². The predicted molar refractivity (Wildman–Crippen MR) is 96.3 cm³/mol. The van der Waals surface area contributed by atoms with Crippen molar-refractivity contribution >= 4 is 15.1 Å². The Labute approximate surface area is 130 Å². The third kappa shape index (κ3) is 3.03. The molecule has 0 nitrogen and oxygen atoms in total. The van der Waals surface area contributed by atoms with Crippen LogP contribution < -0.4 is 0 Å². The fourth-order valence-corrected chi connectivity index (χ4v) is 5.95. The van der Waals surface area contributed by atoms with Crippen molar-refractivity contribution in [2.75, 3.05) is 0 Å². The molecule has 21 heavy (non-hydrogen) atoms. The molecule has 1 atom stereocenters. The second-order valence-corrected chi connectivity index (χ2v) is 9.58. The summed E-state index contributed by atoms with van der Waals surface area (Å²) in [5, 5.41) is 2.15. The summed E-state index contributed by atoms with van der Waals surface area (Å²) < 4.78 is 0. The molecule has 1 unspecified atom stereocenters. The molecule has 2 aliphatic carbocycles. The first-order valence-electron chi connectivity index (χ1n) is 7.88. The number of hydrogen-bond donors (Lipinski definition) is 0. The molecule has 1 heteroatoms. The molecule has 0 spiro atoms. The molecule has 0 heterocycles. The molecule has 0 aromatic heterocycles. The fraction of sp³-hybridized carbons (Fsp3) is 0.300. The Morgan fingerprint density at radius 3 is 2.48 bits per heavy atom. The normalized spacial score (nSPS) is 25.2. The van der Waals surface area contributed by atoms with Gasteiger partial charge in [0.25, 0.3) is 0 Å². The van der Waals surface area contributed by atoms with E-state index in [1.54, 1.807) is 10.8 Å². The molecule has 0 saturated carbocycles. The number of hydrogen-bond acceptors (Lipinski definition) is 0. The van der Waals surface area contributed by atoms with Crippen LogP contribution in [0.4, 0.5) is 0 Å². The van der Waals surface area contributed by atoms with E-state index in [4.69, 9.17) is 0 Å². The molecule has 0 radical (unpaired) electrons. The maximum absolute atomic E-state index is 2.44. The summed E-state index contributed by atoms with van der Waals surface area (Å²) in [6.45, 7) is 6.87. The highest BCUT2D eigenvalue weighted by molar-refractivity contribution is 6.52. The van der Waals surface area contributed by atoms with E-state index in [-0.39, 0.29) is 9.52 Å². The van der Waals surface area contributed by atoms with Crippen LogP contribution in [0.2, 0.25) is 5.04 Å². The van der Waals surface area contributed by atoms with Crippen LogP contribution in [0.25, 0.3) is 5.57 Å². The number of rotatable bonds is 3. The summed E-state index contributed by atoms with van der Waals surface area (Å²) in [7, 11) is -0.298. The van der Waals surface area contributed by atoms with Crippen LogP contribution in [0.3, 0.4) is 0 Å². The van der Waals surface area contributed by atoms with Gasteiger partial charge in [-0.15, -0.1) is 0 Å². The van der Waals surface area contributed by atoms with Gasteiger partial charge in [-0.2, -0.15) is 0 Å². The van der Waals surface area contributed by atoms with Crippen molar-refractivity contribution in [3.8, 4) is 0 Å². The maximum Gasteiger partial charge on any atom is 0.0616 e. The van der Waals surface area contributed by atoms with Gasteiger partial charge in [-0.3, -0.25) is 0 Å². The number of allylic oxidation sites excluding steroid dienone is 8. The molecule has 1 aromatic carbocycles. The molecule has 0 aliphatic heterocycles. The van der Waals surface area contributed by atoms with Gasteiger partial charge in [-0.05, 0) is 48.4 Å². The zero-order valence-corrected chi connectivity index (χ0v) is 14.7. The van der Waals surface area contributed by atoms with E-state index in [9.17, 15) is 0 Å². The van der Waals surface area contributed by atoms with Crippen molar-refractivity contribution in [1.29, 1.82) is 0 Å². The molecule has 2 aliphatic rings. The van der Waals surface area contributed by atoms with Crippen LogP contribution in [0.15, 0.2) is 65.4 Å². The first-order chi connectivity index (χ1) is 10.1. The minimum Gasteiger partial charge on any atom is -0.0840 e. The average Bonchev–Trinajstić information content (AvgIpc) is 2.81. The monoisotopic (exact) mass is 292 g/mol. The van der Waals surface area contributed by atoms with Crippen molar-refractivity contribution in [2.24, 2.45) is 0 Å². The van der Waals surface area contributed by atoms with E-state index in [0.717, 1.165) is 0 Å². The molecule has 3 rings (SSSR count). The lowest BCUT2D eigenvalue weighted by atomic mass is 10.0. The van der Waals surface area contributed by atoms with Gasteiger partial charge in [0.1, 0.15) is 0 Å². The third-order valence-electron chi connectivity index (χ3n) is 4.69. The number of benzene rings is 1. The van der Waals surface area contributed by atoms with E-state index < -0.39 is 0 Å². The Morgan fingerprint density at radius 2 is 1.81 bits per heavy atom. The van der Waals surface area contributed by atoms with Gasteiger partial charge in [-0.1, -0.05) is 72.3 Å². The minimum atomic E-state index is -0.298. The highest BCUT2D eigenvalue weighted by Gasteiger charge is 2.26. The molecule has 0 fully saturated rings. The molecule has 0 amide bonds. The first kappa shape index (κ1) is 14.3. The van der Waals surface area contributed by atoms with Gasteiger partial charge < -0.3 is 0 Å². The smallest absolute Gasteiger partial charge is 0.0616 e. The van der Waals surface area contributed by atoms with E-state index in [1.165, 1.54) is 29.5 Å². The second-order valence-electron chi connectivity index (χ2n) is 6.76.